The maximum Gasteiger partial charge on any atom is 0.340 e. The quantitative estimate of drug-likeness (QED) is 0.342. The van der Waals surface area contributed by atoms with Gasteiger partial charge in [-0.2, -0.15) is 0 Å². The van der Waals surface area contributed by atoms with Crippen LogP contribution in [0.1, 0.15) is 30.7 Å². The number of rotatable bonds is 9. The van der Waals surface area contributed by atoms with Gasteiger partial charge in [0.15, 0.2) is 6.61 Å². The van der Waals surface area contributed by atoms with Crippen LogP contribution < -0.4 is 15.0 Å². The Bertz CT molecular complexity index is 1340. The third kappa shape index (κ3) is 5.98. The molecule has 8 heteroatoms. The molecule has 1 aromatic heterocycles. The minimum atomic E-state index is -0.547. The Morgan fingerprint density at radius 3 is 2.41 bits per heavy atom. The molecular formula is C29H28N2O6. The molecule has 37 heavy (non-hydrogen) atoms. The fourth-order valence-corrected chi connectivity index (χ4v) is 3.91. The Morgan fingerprint density at radius 1 is 1.03 bits per heavy atom. The first kappa shape index (κ1) is 25.5. The SMILES string of the molecule is CCOC(=O)C1=C(C)N(c2ccc(C)cc2)C(=O)/C1=C\c1ccc(OCC(=O)NCc2ccco2)cc1. The monoisotopic (exact) mass is 500 g/mol. The van der Waals surface area contributed by atoms with E-state index < -0.39 is 5.97 Å². The summed E-state index contributed by atoms with van der Waals surface area (Å²) >= 11 is 0. The molecule has 3 aromatic rings. The lowest BCUT2D eigenvalue weighted by Crippen LogP contribution is -2.28. The number of amides is 2. The molecule has 0 bridgehead atoms. The predicted octanol–water partition coefficient (Wildman–Crippen LogP) is 4.55. The van der Waals surface area contributed by atoms with Gasteiger partial charge in [0.05, 0.1) is 30.6 Å². The van der Waals surface area contributed by atoms with Gasteiger partial charge in [0.1, 0.15) is 11.5 Å². The number of hydrogen-bond acceptors (Lipinski definition) is 6. The second-order valence-corrected chi connectivity index (χ2v) is 8.43. The third-order valence-electron chi connectivity index (χ3n) is 5.77. The van der Waals surface area contributed by atoms with E-state index in [1.165, 1.54) is 4.90 Å². The van der Waals surface area contributed by atoms with Crippen molar-refractivity contribution < 1.29 is 28.3 Å². The van der Waals surface area contributed by atoms with E-state index in [4.69, 9.17) is 13.9 Å². The van der Waals surface area contributed by atoms with Crippen LogP contribution in [0.25, 0.3) is 6.08 Å². The van der Waals surface area contributed by atoms with Gasteiger partial charge >= 0.3 is 5.97 Å². The van der Waals surface area contributed by atoms with E-state index in [2.05, 4.69) is 5.32 Å². The van der Waals surface area contributed by atoms with Gasteiger partial charge in [-0.15, -0.1) is 0 Å². The van der Waals surface area contributed by atoms with Crippen LogP contribution in [0.2, 0.25) is 0 Å². The first-order valence-electron chi connectivity index (χ1n) is 11.9. The van der Waals surface area contributed by atoms with Gasteiger partial charge in [0.2, 0.25) is 0 Å². The fourth-order valence-electron chi connectivity index (χ4n) is 3.91. The molecule has 4 rings (SSSR count). The Labute approximate surface area is 215 Å². The summed E-state index contributed by atoms with van der Waals surface area (Å²) in [6.07, 6.45) is 3.20. The molecule has 2 amide bonds. The average molecular weight is 501 g/mol. The van der Waals surface area contributed by atoms with E-state index in [1.54, 1.807) is 62.6 Å². The normalized spacial score (nSPS) is 14.3. The van der Waals surface area contributed by atoms with Crippen molar-refractivity contribution in [2.45, 2.75) is 27.3 Å². The Morgan fingerprint density at radius 2 is 1.76 bits per heavy atom. The van der Waals surface area contributed by atoms with E-state index in [0.717, 1.165) is 5.56 Å². The van der Waals surface area contributed by atoms with Crippen molar-refractivity contribution in [3.05, 3.63) is 101 Å². The Kier molecular flexibility index (Phi) is 7.88. The number of ether oxygens (including phenoxy) is 2. The Balaban J connectivity index is 1.49. The number of benzene rings is 2. The minimum absolute atomic E-state index is 0.153. The maximum atomic E-state index is 13.4. The summed E-state index contributed by atoms with van der Waals surface area (Å²) in [5.74, 6) is 0.00834. The molecule has 1 N–H and O–H groups in total. The van der Waals surface area contributed by atoms with Crippen LogP contribution in [-0.2, 0) is 25.7 Å². The molecule has 190 valence electrons. The number of nitrogens with one attached hydrogen (secondary N) is 1. The molecule has 0 atom stereocenters. The lowest BCUT2D eigenvalue weighted by molar-refractivity contribution is -0.138. The summed E-state index contributed by atoms with van der Waals surface area (Å²) in [6.45, 7) is 5.75. The van der Waals surface area contributed by atoms with Crippen LogP contribution in [0.4, 0.5) is 5.69 Å². The van der Waals surface area contributed by atoms with Crippen molar-refractivity contribution in [1.82, 2.24) is 5.32 Å². The summed E-state index contributed by atoms with van der Waals surface area (Å²) < 4.78 is 16.0. The number of furan rings is 1. The van der Waals surface area contributed by atoms with Gasteiger partial charge in [-0.1, -0.05) is 29.8 Å². The molecule has 2 aromatic carbocycles. The van der Waals surface area contributed by atoms with Crippen LogP contribution >= 0.6 is 0 Å². The van der Waals surface area contributed by atoms with Gasteiger partial charge in [-0.05, 0) is 68.8 Å². The van der Waals surface area contributed by atoms with Crippen LogP contribution in [-0.4, -0.2) is 31.0 Å². The zero-order valence-corrected chi connectivity index (χ0v) is 20.9. The first-order valence-corrected chi connectivity index (χ1v) is 11.9. The lowest BCUT2D eigenvalue weighted by Gasteiger charge is -2.18. The van der Waals surface area contributed by atoms with Gasteiger partial charge in [0, 0.05) is 11.4 Å². The highest BCUT2D eigenvalue weighted by Crippen LogP contribution is 2.35. The molecule has 0 spiro atoms. The number of aryl methyl sites for hydroxylation is 1. The summed E-state index contributed by atoms with van der Waals surface area (Å²) in [5.41, 5.74) is 3.43. The number of carbonyl (C=O) groups excluding carboxylic acids is 3. The predicted molar refractivity (Wildman–Crippen MR) is 138 cm³/mol. The number of carbonyl (C=O) groups is 3. The van der Waals surface area contributed by atoms with E-state index in [-0.39, 0.29) is 42.7 Å². The van der Waals surface area contributed by atoms with Crippen LogP contribution in [0, 0.1) is 6.92 Å². The van der Waals surface area contributed by atoms with Crippen molar-refractivity contribution >= 4 is 29.5 Å². The number of anilines is 1. The second-order valence-electron chi connectivity index (χ2n) is 8.43. The molecule has 0 radical (unpaired) electrons. The molecule has 8 nitrogen and oxygen atoms in total. The first-order chi connectivity index (χ1) is 17.9. The molecule has 0 aliphatic carbocycles. The van der Waals surface area contributed by atoms with Gasteiger partial charge < -0.3 is 19.2 Å². The van der Waals surface area contributed by atoms with Crippen molar-refractivity contribution in [2.75, 3.05) is 18.1 Å². The van der Waals surface area contributed by atoms with E-state index >= 15 is 0 Å². The zero-order chi connectivity index (χ0) is 26.4. The summed E-state index contributed by atoms with van der Waals surface area (Å²) in [4.78, 5) is 39.8. The highest BCUT2D eigenvalue weighted by atomic mass is 16.5. The third-order valence-corrected chi connectivity index (χ3v) is 5.77. The summed E-state index contributed by atoms with van der Waals surface area (Å²) in [6, 6.07) is 17.9. The summed E-state index contributed by atoms with van der Waals surface area (Å²) in [7, 11) is 0. The zero-order valence-electron chi connectivity index (χ0n) is 20.9. The van der Waals surface area contributed by atoms with Crippen LogP contribution in [0.15, 0.2) is 88.2 Å². The van der Waals surface area contributed by atoms with E-state index in [1.807, 2.05) is 31.2 Å². The van der Waals surface area contributed by atoms with Gasteiger partial charge in [0.25, 0.3) is 11.8 Å². The fraction of sp³-hybridized carbons (Fsp3) is 0.207. The molecule has 0 unspecified atom stereocenters. The standard InChI is InChI=1S/C29H28N2O6/c1-4-35-29(34)27-20(3)31(22-11-7-19(2)8-12-22)28(33)25(27)16-21-9-13-23(14-10-21)37-18-26(32)30-17-24-6-5-15-36-24/h5-16H,4,17-18H2,1-3H3,(H,30,32)/b25-16-. The van der Waals surface area contributed by atoms with Gasteiger partial charge in [-0.25, -0.2) is 4.79 Å². The molecular weight excluding hydrogens is 472 g/mol. The molecule has 1 aliphatic heterocycles. The van der Waals surface area contributed by atoms with Crippen LogP contribution in [0.3, 0.4) is 0 Å². The minimum Gasteiger partial charge on any atom is -0.484 e. The number of nitrogens with zero attached hydrogens (tertiary/aromatic N) is 1. The second kappa shape index (κ2) is 11.4. The molecule has 2 heterocycles. The van der Waals surface area contributed by atoms with Crippen molar-refractivity contribution in [1.29, 1.82) is 0 Å². The summed E-state index contributed by atoms with van der Waals surface area (Å²) in [5, 5.41) is 2.71. The maximum absolute atomic E-state index is 13.4. The molecule has 0 fully saturated rings. The van der Waals surface area contributed by atoms with Crippen molar-refractivity contribution in [3.8, 4) is 5.75 Å². The number of esters is 1. The number of hydrogen-bond donors (Lipinski definition) is 1. The topological polar surface area (TPSA) is 98.1 Å². The molecule has 1 aliphatic rings. The average Bonchev–Trinajstić information content (AvgIpc) is 3.49. The molecule has 0 saturated carbocycles. The highest BCUT2D eigenvalue weighted by molar-refractivity contribution is 6.23. The van der Waals surface area contributed by atoms with E-state index in [0.29, 0.717) is 28.5 Å². The van der Waals surface area contributed by atoms with Crippen LogP contribution in [0.5, 0.6) is 5.75 Å². The largest absolute Gasteiger partial charge is 0.484 e. The molecule has 0 saturated heterocycles. The highest BCUT2D eigenvalue weighted by Gasteiger charge is 2.38. The van der Waals surface area contributed by atoms with E-state index in [9.17, 15) is 14.4 Å². The smallest absolute Gasteiger partial charge is 0.340 e. The van der Waals surface area contributed by atoms with Gasteiger partial charge in [-0.3, -0.25) is 14.5 Å². The Hall–Kier alpha value is -4.59. The van der Waals surface area contributed by atoms with Crippen molar-refractivity contribution in [3.63, 3.8) is 0 Å². The number of allylic oxidation sites excluding steroid dienone is 1. The van der Waals surface area contributed by atoms with Crippen molar-refractivity contribution in [2.24, 2.45) is 0 Å². The lowest BCUT2D eigenvalue weighted by atomic mass is 10.0.